The van der Waals surface area contributed by atoms with Crippen molar-refractivity contribution in [2.24, 2.45) is 5.73 Å². The van der Waals surface area contributed by atoms with Crippen LogP contribution in [-0.4, -0.2) is 10.7 Å². The van der Waals surface area contributed by atoms with Crippen LogP contribution in [0.5, 0.6) is 0 Å². The van der Waals surface area contributed by atoms with Crippen LogP contribution in [0.2, 0.25) is 0 Å². The Bertz CT molecular complexity index is 1150. The molecule has 1 aromatic carbocycles. The summed E-state index contributed by atoms with van der Waals surface area (Å²) < 4.78 is 11.5. The molecule has 0 saturated carbocycles. The maximum Gasteiger partial charge on any atom is 0.273 e. The molecule has 0 spiro atoms. The van der Waals surface area contributed by atoms with Gasteiger partial charge in [-0.15, -0.1) is 0 Å². The van der Waals surface area contributed by atoms with Crippen LogP contribution < -0.4 is 5.73 Å². The molecule has 0 unspecified atom stereocenters. The minimum absolute atomic E-state index is 0.0131. The molecule has 2 aliphatic rings. The van der Waals surface area contributed by atoms with Gasteiger partial charge in [0.05, 0.1) is 10.8 Å². The SMILES string of the molecule is Cc1ccc(-c2ccc([C@@H]3C(C#N)=C(N)OC4=C3C(=O)CCC4)o2)cc1[N+](=O)[O-]. The number of Topliss-reactive ketones (excluding diaryl/α,β-unsaturated/α-hetero) is 1. The first kappa shape index (κ1) is 18.5. The number of nitrogens with zero attached hydrogens (tertiary/aromatic N) is 2. The molecule has 8 nitrogen and oxygen atoms in total. The van der Waals surface area contributed by atoms with Gasteiger partial charge < -0.3 is 14.9 Å². The predicted octanol–water partition coefficient (Wildman–Crippen LogP) is 3.98. The number of ketones is 1. The molecule has 2 heterocycles. The number of allylic oxidation sites excluding steroid dienone is 3. The highest BCUT2D eigenvalue weighted by molar-refractivity contribution is 5.99. The average molecular weight is 391 g/mol. The van der Waals surface area contributed by atoms with Crippen molar-refractivity contribution in [3.8, 4) is 17.4 Å². The zero-order chi connectivity index (χ0) is 20.7. The van der Waals surface area contributed by atoms with Gasteiger partial charge in [0.25, 0.3) is 5.69 Å². The minimum Gasteiger partial charge on any atom is -0.460 e. The number of hydrogen-bond donors (Lipinski definition) is 1. The molecule has 0 fully saturated rings. The van der Waals surface area contributed by atoms with Gasteiger partial charge in [-0.25, -0.2) is 0 Å². The van der Waals surface area contributed by atoms with Gasteiger partial charge in [0.15, 0.2) is 5.78 Å². The summed E-state index contributed by atoms with van der Waals surface area (Å²) in [5.74, 6) is 0.373. The van der Waals surface area contributed by atoms with Crippen LogP contribution >= 0.6 is 0 Å². The van der Waals surface area contributed by atoms with Gasteiger partial charge in [-0.1, -0.05) is 12.1 Å². The quantitative estimate of drug-likeness (QED) is 0.618. The molecule has 146 valence electrons. The van der Waals surface area contributed by atoms with E-state index in [0.29, 0.717) is 53.2 Å². The summed E-state index contributed by atoms with van der Waals surface area (Å²) in [6.07, 6.45) is 1.60. The fourth-order valence-electron chi connectivity index (χ4n) is 3.76. The summed E-state index contributed by atoms with van der Waals surface area (Å²) in [4.78, 5) is 23.4. The first-order chi connectivity index (χ1) is 13.9. The third kappa shape index (κ3) is 3.06. The van der Waals surface area contributed by atoms with E-state index < -0.39 is 10.8 Å². The first-order valence-corrected chi connectivity index (χ1v) is 9.09. The van der Waals surface area contributed by atoms with E-state index in [4.69, 9.17) is 14.9 Å². The first-order valence-electron chi connectivity index (χ1n) is 9.09. The zero-order valence-electron chi connectivity index (χ0n) is 15.6. The molecule has 0 saturated heterocycles. The van der Waals surface area contributed by atoms with Crippen molar-refractivity contribution in [1.82, 2.24) is 0 Å². The Morgan fingerprint density at radius 3 is 2.79 bits per heavy atom. The van der Waals surface area contributed by atoms with E-state index in [9.17, 15) is 20.2 Å². The summed E-state index contributed by atoms with van der Waals surface area (Å²) in [5, 5.41) is 20.8. The number of ether oxygens (including phenoxy) is 1. The molecule has 2 aromatic rings. The van der Waals surface area contributed by atoms with Crippen molar-refractivity contribution < 1.29 is 18.9 Å². The number of carbonyl (C=O) groups is 1. The number of hydrogen-bond acceptors (Lipinski definition) is 7. The standard InChI is InChI=1S/C21H17N3O5/c1-11-5-6-12(9-14(11)24(26)27)16-7-8-18(28-16)19-13(10-22)21(23)29-17-4-2-3-15(25)20(17)19/h5-9,19H,2-4,23H2,1H3/t19-/m0/s1. The Hall–Kier alpha value is -3.86. The van der Waals surface area contributed by atoms with Crippen LogP contribution in [-0.2, 0) is 9.53 Å². The fraction of sp³-hybridized carbons (Fsp3) is 0.238. The van der Waals surface area contributed by atoms with Gasteiger partial charge in [0, 0.05) is 35.6 Å². The summed E-state index contributed by atoms with van der Waals surface area (Å²) in [5.41, 5.74) is 7.51. The van der Waals surface area contributed by atoms with E-state index in [2.05, 4.69) is 0 Å². The highest BCUT2D eigenvalue weighted by atomic mass is 16.6. The maximum absolute atomic E-state index is 12.6. The van der Waals surface area contributed by atoms with Crippen LogP contribution in [0.25, 0.3) is 11.3 Å². The number of nitro groups is 1. The number of nitriles is 1. The van der Waals surface area contributed by atoms with Crippen LogP contribution in [0.15, 0.2) is 57.5 Å². The predicted molar refractivity (Wildman–Crippen MR) is 102 cm³/mol. The Balaban J connectivity index is 1.80. The maximum atomic E-state index is 12.6. The Morgan fingerprint density at radius 2 is 2.07 bits per heavy atom. The number of furan rings is 1. The molecule has 2 N–H and O–H groups in total. The summed E-state index contributed by atoms with van der Waals surface area (Å²) in [6.45, 7) is 1.66. The fourth-order valence-corrected chi connectivity index (χ4v) is 3.76. The lowest BCUT2D eigenvalue weighted by atomic mass is 9.80. The van der Waals surface area contributed by atoms with E-state index in [-0.39, 0.29) is 22.9 Å². The van der Waals surface area contributed by atoms with Crippen molar-refractivity contribution in [3.63, 3.8) is 0 Å². The molecule has 1 atom stereocenters. The van der Waals surface area contributed by atoms with Crippen LogP contribution in [0.4, 0.5) is 5.69 Å². The lowest BCUT2D eigenvalue weighted by Gasteiger charge is -2.29. The molecule has 0 bridgehead atoms. The van der Waals surface area contributed by atoms with Gasteiger partial charge in [-0.2, -0.15) is 5.26 Å². The summed E-state index contributed by atoms with van der Waals surface area (Å²) in [6, 6.07) is 10.2. The number of rotatable bonds is 3. The Labute approximate surface area is 166 Å². The molecule has 29 heavy (non-hydrogen) atoms. The Morgan fingerprint density at radius 1 is 1.28 bits per heavy atom. The second kappa shape index (κ2) is 6.95. The highest BCUT2D eigenvalue weighted by Gasteiger charge is 2.39. The number of carbonyl (C=O) groups excluding carboxylic acids is 1. The van der Waals surface area contributed by atoms with Crippen LogP contribution in [0, 0.1) is 28.4 Å². The summed E-state index contributed by atoms with van der Waals surface area (Å²) >= 11 is 0. The molecule has 1 aliphatic carbocycles. The van der Waals surface area contributed by atoms with E-state index in [1.54, 1.807) is 31.2 Å². The van der Waals surface area contributed by atoms with Gasteiger partial charge >= 0.3 is 0 Å². The number of nitro benzene ring substituents is 1. The second-order valence-electron chi connectivity index (χ2n) is 7.00. The van der Waals surface area contributed by atoms with E-state index in [1.807, 2.05) is 6.07 Å². The van der Waals surface area contributed by atoms with Crippen molar-refractivity contribution in [2.45, 2.75) is 32.1 Å². The molecule has 8 heteroatoms. The third-order valence-corrected chi connectivity index (χ3v) is 5.21. The van der Waals surface area contributed by atoms with Gasteiger partial charge in [0.2, 0.25) is 5.88 Å². The number of aryl methyl sites for hydroxylation is 1. The molecule has 1 aliphatic heterocycles. The molecular formula is C21H17N3O5. The van der Waals surface area contributed by atoms with Crippen molar-refractivity contribution in [3.05, 3.63) is 74.6 Å². The van der Waals surface area contributed by atoms with Gasteiger partial charge in [0.1, 0.15) is 28.9 Å². The Kier molecular flexibility index (Phi) is 4.43. The van der Waals surface area contributed by atoms with E-state index in [0.717, 1.165) is 0 Å². The molecule has 0 amide bonds. The van der Waals surface area contributed by atoms with Crippen molar-refractivity contribution in [2.75, 3.05) is 0 Å². The highest BCUT2D eigenvalue weighted by Crippen LogP contribution is 2.44. The molecular weight excluding hydrogens is 374 g/mol. The van der Waals surface area contributed by atoms with Gasteiger partial charge in [-0.05, 0) is 25.5 Å². The number of benzene rings is 1. The molecule has 0 radical (unpaired) electrons. The monoisotopic (exact) mass is 391 g/mol. The minimum atomic E-state index is -0.745. The molecule has 4 rings (SSSR count). The van der Waals surface area contributed by atoms with Crippen LogP contribution in [0.3, 0.4) is 0 Å². The van der Waals surface area contributed by atoms with E-state index in [1.165, 1.54) is 6.07 Å². The van der Waals surface area contributed by atoms with E-state index >= 15 is 0 Å². The normalized spacial score (nSPS) is 18.9. The van der Waals surface area contributed by atoms with Crippen molar-refractivity contribution in [1.29, 1.82) is 5.26 Å². The zero-order valence-corrected chi connectivity index (χ0v) is 15.6. The second-order valence-corrected chi connectivity index (χ2v) is 7.00. The average Bonchev–Trinajstić information content (AvgIpc) is 3.17. The molecule has 1 aromatic heterocycles. The smallest absolute Gasteiger partial charge is 0.273 e. The lowest BCUT2D eigenvalue weighted by Crippen LogP contribution is -2.27. The third-order valence-electron chi connectivity index (χ3n) is 5.21. The van der Waals surface area contributed by atoms with Crippen LogP contribution in [0.1, 0.15) is 36.5 Å². The largest absolute Gasteiger partial charge is 0.460 e. The van der Waals surface area contributed by atoms with Gasteiger partial charge in [-0.3, -0.25) is 14.9 Å². The lowest BCUT2D eigenvalue weighted by molar-refractivity contribution is -0.385. The topological polar surface area (TPSA) is 132 Å². The van der Waals surface area contributed by atoms with Crippen molar-refractivity contribution >= 4 is 11.5 Å². The number of nitrogens with two attached hydrogens (primary N) is 1. The summed E-state index contributed by atoms with van der Waals surface area (Å²) in [7, 11) is 0.